The van der Waals surface area contributed by atoms with Crippen LogP contribution in [0.2, 0.25) is 0 Å². The third kappa shape index (κ3) is 4.16. The number of rotatable bonds is 4. The van der Waals surface area contributed by atoms with Gasteiger partial charge in [0.25, 0.3) is 11.3 Å². The Labute approximate surface area is 98.2 Å². The van der Waals surface area contributed by atoms with Gasteiger partial charge >= 0.3 is 18.1 Å². The fraction of sp³-hybridized carbons (Fsp3) is 0.333. The summed E-state index contributed by atoms with van der Waals surface area (Å²) in [4.78, 5) is 22.1. The third-order valence-electron chi connectivity index (χ3n) is 1.36. The lowest BCUT2D eigenvalue weighted by Crippen LogP contribution is -2.30. The molecule has 0 spiro atoms. The van der Waals surface area contributed by atoms with Gasteiger partial charge in [0.1, 0.15) is 0 Å². The molecule has 0 aromatic carbocycles. The quantitative estimate of drug-likeness (QED) is 0.597. The number of nitrogens with zero attached hydrogens (tertiary/aromatic N) is 3. The zero-order valence-corrected chi connectivity index (χ0v) is 9.65. The first kappa shape index (κ1) is 13.1. The van der Waals surface area contributed by atoms with Crippen LogP contribution in [0.4, 0.5) is 10.7 Å². The minimum Gasteiger partial charge on any atom is -0.467 e. The van der Waals surface area contributed by atoms with Crippen molar-refractivity contribution in [2.45, 2.75) is 0 Å². The Bertz CT molecular complexity index is 419. The van der Waals surface area contributed by atoms with Crippen molar-refractivity contribution in [3.8, 4) is 12.0 Å². The van der Waals surface area contributed by atoms with Gasteiger partial charge in [-0.25, -0.2) is 13.7 Å². The van der Waals surface area contributed by atoms with E-state index in [4.69, 9.17) is 14.0 Å². The molecule has 1 atom stereocenters. The fourth-order valence-corrected chi connectivity index (χ4v) is 0.992. The van der Waals surface area contributed by atoms with Crippen molar-refractivity contribution in [2.24, 2.45) is 0 Å². The van der Waals surface area contributed by atoms with E-state index in [-0.39, 0.29) is 18.0 Å². The van der Waals surface area contributed by atoms with Gasteiger partial charge in [-0.2, -0.15) is 9.97 Å². The molecule has 0 bridgehead atoms. The van der Waals surface area contributed by atoms with Crippen LogP contribution in [0.25, 0.3) is 0 Å². The van der Waals surface area contributed by atoms with Crippen LogP contribution in [-0.2, 0) is 11.3 Å². The second-order valence-corrected chi connectivity index (χ2v) is 3.14. The Kier molecular flexibility index (Phi) is 4.54. The van der Waals surface area contributed by atoms with Gasteiger partial charge in [0.05, 0.1) is 14.2 Å². The SMILES string of the molecule is COc1nc(NC(=O)NS(=O)O)nc(OC)n1. The molecule has 1 aromatic rings. The normalized spacial score (nSPS) is 11.5. The molecule has 1 unspecified atom stereocenters. The smallest absolute Gasteiger partial charge is 0.335 e. The van der Waals surface area contributed by atoms with Crippen molar-refractivity contribution in [2.75, 3.05) is 19.5 Å². The maximum absolute atomic E-state index is 11.1. The number of hydrogen-bond donors (Lipinski definition) is 3. The predicted molar refractivity (Wildman–Crippen MR) is 55.9 cm³/mol. The van der Waals surface area contributed by atoms with Crippen LogP contribution in [0.3, 0.4) is 0 Å². The summed E-state index contributed by atoms with van der Waals surface area (Å²) in [5.41, 5.74) is 0. The topological polar surface area (TPSA) is 136 Å². The first-order chi connectivity index (χ1) is 8.05. The van der Waals surface area contributed by atoms with Crippen LogP contribution in [0.1, 0.15) is 0 Å². The molecule has 0 aliphatic heterocycles. The lowest BCUT2D eigenvalue weighted by Gasteiger charge is -2.05. The largest absolute Gasteiger partial charge is 0.467 e. The standard InChI is InChI=1S/C6H9N5O5S/c1-15-5-8-3(9-6(10-5)16-2)7-4(12)11-17(13)14/h1-2H3,(H,13,14)(H2,7,8,9,10,11,12). The van der Waals surface area contributed by atoms with E-state index in [1.807, 2.05) is 0 Å². The van der Waals surface area contributed by atoms with Gasteiger partial charge in [0, 0.05) is 0 Å². The number of carbonyl (C=O) groups is 1. The highest BCUT2D eigenvalue weighted by molar-refractivity contribution is 7.77. The zero-order chi connectivity index (χ0) is 12.8. The van der Waals surface area contributed by atoms with Crippen molar-refractivity contribution in [3.05, 3.63) is 0 Å². The van der Waals surface area contributed by atoms with Crippen LogP contribution in [-0.4, -0.2) is 44.0 Å². The molecule has 3 N–H and O–H groups in total. The van der Waals surface area contributed by atoms with E-state index in [2.05, 4.69) is 20.3 Å². The molecule has 0 fully saturated rings. The molecule has 1 rings (SSSR count). The minimum absolute atomic E-state index is 0.0720. The fourth-order valence-electron chi connectivity index (χ4n) is 0.783. The van der Waals surface area contributed by atoms with Gasteiger partial charge in [-0.3, -0.25) is 9.87 Å². The lowest BCUT2D eigenvalue weighted by atomic mass is 10.8. The molecular formula is C6H9N5O5S. The first-order valence-corrected chi connectivity index (χ1v) is 5.18. The van der Waals surface area contributed by atoms with Crippen molar-refractivity contribution in [1.82, 2.24) is 19.7 Å². The molecule has 10 nitrogen and oxygen atoms in total. The molecule has 1 aromatic heterocycles. The summed E-state index contributed by atoms with van der Waals surface area (Å²) in [5, 5.41) is 2.10. The summed E-state index contributed by atoms with van der Waals surface area (Å²) in [6, 6.07) is -1.10. The molecular weight excluding hydrogens is 254 g/mol. The monoisotopic (exact) mass is 263 g/mol. The maximum atomic E-state index is 11.1. The molecule has 0 aliphatic carbocycles. The van der Waals surface area contributed by atoms with E-state index in [1.165, 1.54) is 14.2 Å². The third-order valence-corrected chi connectivity index (χ3v) is 1.72. The van der Waals surface area contributed by atoms with Crippen LogP contribution < -0.4 is 19.5 Å². The van der Waals surface area contributed by atoms with Crippen molar-refractivity contribution < 1.29 is 23.0 Å². The van der Waals surface area contributed by atoms with Gasteiger partial charge in [0.15, 0.2) is 0 Å². The zero-order valence-electron chi connectivity index (χ0n) is 8.83. The van der Waals surface area contributed by atoms with Crippen molar-refractivity contribution in [1.29, 1.82) is 0 Å². The van der Waals surface area contributed by atoms with Crippen molar-refractivity contribution >= 4 is 23.2 Å². The number of anilines is 1. The number of ether oxygens (including phenoxy) is 2. The van der Waals surface area contributed by atoms with E-state index in [1.54, 1.807) is 4.72 Å². The van der Waals surface area contributed by atoms with Crippen LogP contribution in [0.5, 0.6) is 12.0 Å². The summed E-state index contributed by atoms with van der Waals surface area (Å²) in [6.07, 6.45) is 0. The van der Waals surface area contributed by atoms with Gasteiger partial charge in [-0.05, 0) is 0 Å². The van der Waals surface area contributed by atoms with E-state index in [0.717, 1.165) is 0 Å². The number of carbonyl (C=O) groups excluding carboxylic acids is 1. The van der Waals surface area contributed by atoms with Crippen LogP contribution >= 0.6 is 0 Å². The number of hydrogen-bond acceptors (Lipinski definition) is 7. The highest BCUT2D eigenvalue weighted by atomic mass is 32.2. The second kappa shape index (κ2) is 5.91. The predicted octanol–water partition coefficient (Wildman–Crippen LogP) is -0.853. The molecule has 94 valence electrons. The molecule has 17 heavy (non-hydrogen) atoms. The van der Waals surface area contributed by atoms with E-state index in [9.17, 15) is 9.00 Å². The number of amides is 2. The summed E-state index contributed by atoms with van der Waals surface area (Å²) in [5.74, 6) is -0.184. The van der Waals surface area contributed by atoms with E-state index >= 15 is 0 Å². The van der Waals surface area contributed by atoms with Gasteiger partial charge in [-0.1, -0.05) is 0 Å². The Morgan fingerprint density at radius 2 is 1.76 bits per heavy atom. The Balaban J connectivity index is 2.82. The Morgan fingerprint density at radius 3 is 2.18 bits per heavy atom. The summed E-state index contributed by atoms with van der Waals surface area (Å²) in [7, 11) is 2.64. The highest BCUT2D eigenvalue weighted by Gasteiger charge is 2.10. The minimum atomic E-state index is -2.48. The lowest BCUT2D eigenvalue weighted by molar-refractivity contribution is 0.256. The van der Waals surface area contributed by atoms with E-state index < -0.39 is 17.3 Å². The molecule has 0 saturated carbocycles. The number of urea groups is 1. The first-order valence-electron chi connectivity index (χ1n) is 4.07. The molecule has 2 amide bonds. The molecule has 0 aliphatic rings. The molecule has 11 heteroatoms. The molecule has 1 heterocycles. The highest BCUT2D eigenvalue weighted by Crippen LogP contribution is 2.11. The number of methoxy groups -OCH3 is 2. The van der Waals surface area contributed by atoms with Gasteiger partial charge < -0.3 is 9.47 Å². The van der Waals surface area contributed by atoms with Crippen LogP contribution in [0.15, 0.2) is 0 Å². The summed E-state index contributed by atoms with van der Waals surface area (Å²) >= 11 is -2.48. The average molecular weight is 263 g/mol. The Hall–Kier alpha value is -2.01. The number of nitrogens with one attached hydrogen (secondary N) is 2. The molecule has 0 radical (unpaired) electrons. The van der Waals surface area contributed by atoms with Gasteiger partial charge in [-0.15, -0.1) is 4.98 Å². The molecule has 0 saturated heterocycles. The number of aromatic nitrogens is 3. The summed E-state index contributed by atoms with van der Waals surface area (Å²) in [6.45, 7) is 0. The average Bonchev–Trinajstić information content (AvgIpc) is 2.27. The van der Waals surface area contributed by atoms with Gasteiger partial charge in [0.2, 0.25) is 5.95 Å². The van der Waals surface area contributed by atoms with E-state index in [0.29, 0.717) is 0 Å². The second-order valence-electron chi connectivity index (χ2n) is 2.44. The Morgan fingerprint density at radius 1 is 1.24 bits per heavy atom. The maximum Gasteiger partial charge on any atom is 0.335 e. The van der Waals surface area contributed by atoms with Crippen LogP contribution in [0, 0.1) is 0 Å². The van der Waals surface area contributed by atoms with Crippen molar-refractivity contribution in [3.63, 3.8) is 0 Å². The summed E-state index contributed by atoms with van der Waals surface area (Å²) < 4.78 is 29.8.